The Morgan fingerprint density at radius 2 is 1.96 bits per heavy atom. The number of hydrogen-bond acceptors (Lipinski definition) is 4. The monoisotopic (exact) mass is 497 g/mol. The average molecular weight is 497 g/mol. The number of pyridine rings is 1. The van der Waals surface area contributed by atoms with Crippen LogP contribution in [0.4, 0.5) is 0 Å². The van der Waals surface area contributed by atoms with Gasteiger partial charge in [0.15, 0.2) is 5.96 Å². The molecule has 7 nitrogen and oxygen atoms in total. The number of amides is 1. The van der Waals surface area contributed by atoms with Gasteiger partial charge >= 0.3 is 0 Å². The van der Waals surface area contributed by atoms with Crippen LogP contribution in [0.2, 0.25) is 0 Å². The number of ether oxygens (including phenoxy) is 1. The molecule has 0 unspecified atom stereocenters. The summed E-state index contributed by atoms with van der Waals surface area (Å²) in [4.78, 5) is 20.5. The van der Waals surface area contributed by atoms with Crippen molar-refractivity contribution in [3.63, 3.8) is 0 Å². The van der Waals surface area contributed by atoms with Gasteiger partial charge in [0.1, 0.15) is 5.75 Å². The molecule has 1 amide bonds. The summed E-state index contributed by atoms with van der Waals surface area (Å²) in [6.45, 7) is 6.32. The molecule has 152 valence electrons. The first-order valence-electron chi connectivity index (χ1n) is 8.98. The molecule has 0 saturated heterocycles. The van der Waals surface area contributed by atoms with Gasteiger partial charge in [-0.05, 0) is 37.6 Å². The van der Waals surface area contributed by atoms with Crippen LogP contribution in [0.25, 0.3) is 0 Å². The van der Waals surface area contributed by atoms with Crippen molar-refractivity contribution in [3.8, 4) is 5.75 Å². The molecule has 0 aliphatic rings. The molecule has 2 rings (SSSR count). The van der Waals surface area contributed by atoms with E-state index in [1.165, 1.54) is 0 Å². The number of nitrogens with zero attached hydrogens (tertiary/aromatic N) is 2. The summed E-state index contributed by atoms with van der Waals surface area (Å²) in [6, 6.07) is 9.54. The van der Waals surface area contributed by atoms with E-state index in [2.05, 4.69) is 25.9 Å². The van der Waals surface area contributed by atoms with Gasteiger partial charge in [0.25, 0.3) is 5.91 Å². The number of halogens is 1. The van der Waals surface area contributed by atoms with Gasteiger partial charge in [-0.2, -0.15) is 0 Å². The Bertz CT molecular complexity index is 768. The van der Waals surface area contributed by atoms with E-state index in [1.54, 1.807) is 31.6 Å². The van der Waals surface area contributed by atoms with Gasteiger partial charge in [-0.1, -0.05) is 12.1 Å². The van der Waals surface area contributed by atoms with Crippen LogP contribution in [-0.2, 0) is 6.54 Å². The zero-order chi connectivity index (χ0) is 19.5. The van der Waals surface area contributed by atoms with E-state index in [1.807, 2.05) is 32.0 Å². The Hall–Kier alpha value is -2.36. The Morgan fingerprint density at radius 3 is 2.64 bits per heavy atom. The maximum Gasteiger partial charge on any atom is 0.252 e. The maximum atomic E-state index is 12.0. The second kappa shape index (κ2) is 12.9. The number of guanidine groups is 1. The van der Waals surface area contributed by atoms with E-state index in [4.69, 9.17) is 4.74 Å². The predicted molar refractivity (Wildman–Crippen MR) is 123 cm³/mol. The van der Waals surface area contributed by atoms with Crippen molar-refractivity contribution < 1.29 is 9.53 Å². The Labute approximate surface area is 183 Å². The number of methoxy groups -OCH3 is 1. The average Bonchev–Trinajstić information content (AvgIpc) is 2.70. The van der Waals surface area contributed by atoms with Gasteiger partial charge in [-0.25, -0.2) is 4.99 Å². The topological polar surface area (TPSA) is 87.6 Å². The summed E-state index contributed by atoms with van der Waals surface area (Å²) in [7, 11) is 1.66. The maximum absolute atomic E-state index is 12.0. The normalized spacial score (nSPS) is 10.6. The van der Waals surface area contributed by atoms with Gasteiger partial charge in [-0.3, -0.25) is 9.78 Å². The van der Waals surface area contributed by atoms with E-state index in [-0.39, 0.29) is 29.9 Å². The molecular formula is C20H28IN5O2. The lowest BCUT2D eigenvalue weighted by Gasteiger charge is -2.13. The molecule has 3 N–H and O–H groups in total. The minimum atomic E-state index is -0.142. The summed E-state index contributed by atoms with van der Waals surface area (Å²) in [5.41, 5.74) is 2.71. The lowest BCUT2D eigenvalue weighted by molar-refractivity contribution is 0.0954. The van der Waals surface area contributed by atoms with Crippen LogP contribution in [0.5, 0.6) is 5.75 Å². The predicted octanol–water partition coefficient (Wildman–Crippen LogP) is 2.50. The van der Waals surface area contributed by atoms with Crippen LogP contribution in [-0.4, -0.2) is 43.6 Å². The Kier molecular flexibility index (Phi) is 10.9. The van der Waals surface area contributed by atoms with Crippen molar-refractivity contribution >= 4 is 35.8 Å². The summed E-state index contributed by atoms with van der Waals surface area (Å²) in [5.74, 6) is 1.38. The van der Waals surface area contributed by atoms with E-state index >= 15 is 0 Å². The van der Waals surface area contributed by atoms with Crippen molar-refractivity contribution in [1.29, 1.82) is 0 Å². The number of aryl methyl sites for hydroxylation is 1. The number of carbonyl (C=O) groups is 1. The van der Waals surface area contributed by atoms with Crippen LogP contribution in [0.1, 0.15) is 28.4 Å². The van der Waals surface area contributed by atoms with Crippen LogP contribution < -0.4 is 20.7 Å². The molecule has 0 atom stereocenters. The molecule has 0 aliphatic heterocycles. The van der Waals surface area contributed by atoms with Gasteiger partial charge in [0, 0.05) is 37.6 Å². The van der Waals surface area contributed by atoms with Crippen molar-refractivity contribution in [2.45, 2.75) is 20.4 Å². The number of rotatable bonds is 8. The Morgan fingerprint density at radius 1 is 1.18 bits per heavy atom. The van der Waals surface area contributed by atoms with Gasteiger partial charge in [-0.15, -0.1) is 24.0 Å². The summed E-state index contributed by atoms with van der Waals surface area (Å²) in [6.07, 6.45) is 3.18. The van der Waals surface area contributed by atoms with Crippen molar-refractivity contribution in [2.75, 3.05) is 26.7 Å². The number of nitrogens with one attached hydrogen (secondary N) is 3. The second-order valence-corrected chi connectivity index (χ2v) is 5.93. The highest BCUT2D eigenvalue weighted by molar-refractivity contribution is 14.0. The zero-order valence-corrected chi connectivity index (χ0v) is 18.8. The molecule has 2 aromatic rings. The van der Waals surface area contributed by atoms with Gasteiger partial charge < -0.3 is 20.7 Å². The number of aliphatic imine (C=N–C) groups is 1. The molecule has 8 heteroatoms. The largest absolute Gasteiger partial charge is 0.496 e. The zero-order valence-electron chi connectivity index (χ0n) is 16.5. The van der Waals surface area contributed by atoms with Gasteiger partial charge in [0.05, 0.1) is 19.2 Å². The fourth-order valence-electron chi connectivity index (χ4n) is 2.44. The van der Waals surface area contributed by atoms with Crippen molar-refractivity contribution in [2.24, 2.45) is 4.99 Å². The van der Waals surface area contributed by atoms with E-state index in [0.717, 1.165) is 23.4 Å². The first kappa shape index (κ1) is 23.7. The summed E-state index contributed by atoms with van der Waals surface area (Å²) in [5, 5.41) is 9.26. The first-order chi connectivity index (χ1) is 13.1. The molecule has 1 aromatic carbocycles. The van der Waals surface area contributed by atoms with E-state index in [0.29, 0.717) is 31.2 Å². The highest BCUT2D eigenvalue weighted by Crippen LogP contribution is 2.20. The molecular weight excluding hydrogens is 469 g/mol. The Balaban J connectivity index is 0.00000392. The van der Waals surface area contributed by atoms with Crippen LogP contribution in [0.3, 0.4) is 0 Å². The molecule has 1 aromatic heterocycles. The summed E-state index contributed by atoms with van der Waals surface area (Å²) < 4.78 is 5.42. The molecule has 0 aliphatic carbocycles. The number of benzene rings is 1. The van der Waals surface area contributed by atoms with Crippen LogP contribution >= 0.6 is 24.0 Å². The van der Waals surface area contributed by atoms with E-state index in [9.17, 15) is 4.79 Å². The number of carbonyl (C=O) groups excluding carboxylic acids is 1. The fraction of sp³-hybridized carbons (Fsp3) is 0.350. The SMILES string of the molecule is CCNC(=NCc1ccc(C)cc1OC)NCCNC(=O)c1cccnc1.I. The molecule has 0 spiro atoms. The standard InChI is InChI=1S/C20H27N5O2.HI/c1-4-22-20(25-14-16-8-7-15(2)12-18(16)27-3)24-11-10-23-19(26)17-6-5-9-21-13-17;/h5-9,12-13H,4,10-11,14H2,1-3H3,(H,23,26)(H2,22,24,25);1H. The smallest absolute Gasteiger partial charge is 0.252 e. The molecule has 28 heavy (non-hydrogen) atoms. The summed E-state index contributed by atoms with van der Waals surface area (Å²) >= 11 is 0. The number of aromatic nitrogens is 1. The fourth-order valence-corrected chi connectivity index (χ4v) is 2.44. The molecule has 1 heterocycles. The van der Waals surface area contributed by atoms with Crippen LogP contribution in [0.15, 0.2) is 47.7 Å². The second-order valence-electron chi connectivity index (χ2n) is 5.93. The number of hydrogen-bond donors (Lipinski definition) is 3. The minimum absolute atomic E-state index is 0. The molecule has 0 fully saturated rings. The highest BCUT2D eigenvalue weighted by atomic mass is 127. The van der Waals surface area contributed by atoms with Crippen LogP contribution in [0, 0.1) is 6.92 Å². The highest BCUT2D eigenvalue weighted by Gasteiger charge is 2.05. The lowest BCUT2D eigenvalue weighted by atomic mass is 10.1. The van der Waals surface area contributed by atoms with E-state index < -0.39 is 0 Å². The van der Waals surface area contributed by atoms with Crippen molar-refractivity contribution in [1.82, 2.24) is 20.9 Å². The third-order valence-electron chi connectivity index (χ3n) is 3.82. The minimum Gasteiger partial charge on any atom is -0.496 e. The third-order valence-corrected chi connectivity index (χ3v) is 3.82. The third kappa shape index (κ3) is 7.71. The molecule has 0 saturated carbocycles. The first-order valence-corrected chi connectivity index (χ1v) is 8.98. The molecule has 0 bridgehead atoms. The lowest BCUT2D eigenvalue weighted by Crippen LogP contribution is -2.41. The quantitative estimate of drug-likeness (QED) is 0.226. The van der Waals surface area contributed by atoms with Crippen molar-refractivity contribution in [3.05, 3.63) is 59.4 Å². The van der Waals surface area contributed by atoms with Gasteiger partial charge in [0.2, 0.25) is 0 Å². The molecule has 0 radical (unpaired) electrons.